The van der Waals surface area contributed by atoms with Crippen LogP contribution >= 0.6 is 11.6 Å². The van der Waals surface area contributed by atoms with Crippen molar-refractivity contribution >= 4 is 17.6 Å². The molecule has 0 radical (unpaired) electrons. The largest absolute Gasteiger partial charge is 0.493 e. The minimum atomic E-state index is -1.42. The molecule has 0 spiro atoms. The molecular weight excluding hydrogens is 268 g/mol. The van der Waals surface area contributed by atoms with Crippen LogP contribution in [0.5, 0.6) is 11.5 Å². The van der Waals surface area contributed by atoms with Crippen LogP contribution in [0.25, 0.3) is 0 Å². The van der Waals surface area contributed by atoms with Crippen LogP contribution in [0.2, 0.25) is 0 Å². The first kappa shape index (κ1) is 15.6. The highest BCUT2D eigenvalue weighted by Gasteiger charge is 2.38. The van der Waals surface area contributed by atoms with E-state index in [0.29, 0.717) is 23.5 Å². The molecule has 0 bridgehead atoms. The van der Waals surface area contributed by atoms with E-state index in [1.54, 1.807) is 18.2 Å². The molecule has 0 fully saturated rings. The summed E-state index contributed by atoms with van der Waals surface area (Å²) in [7, 11) is 3.03. The Bertz CT molecular complexity index is 447. The van der Waals surface area contributed by atoms with Gasteiger partial charge in [0, 0.05) is 0 Å². The number of carboxylic acid groups (broad SMARTS) is 1. The average molecular weight is 287 g/mol. The molecule has 0 saturated carbocycles. The summed E-state index contributed by atoms with van der Waals surface area (Å²) in [6, 6.07) is 4.95. The van der Waals surface area contributed by atoms with Gasteiger partial charge in [-0.15, -0.1) is 11.6 Å². The summed E-state index contributed by atoms with van der Waals surface area (Å²) in [5.74, 6) is -0.0243. The molecule has 1 unspecified atom stereocenters. The summed E-state index contributed by atoms with van der Waals surface area (Å²) < 4.78 is 10.3. The molecule has 0 aliphatic heterocycles. The van der Waals surface area contributed by atoms with E-state index in [0.717, 1.165) is 12.8 Å². The number of carboxylic acids is 1. The van der Waals surface area contributed by atoms with Gasteiger partial charge in [-0.25, -0.2) is 4.79 Å². The van der Waals surface area contributed by atoms with Gasteiger partial charge in [0.25, 0.3) is 0 Å². The van der Waals surface area contributed by atoms with Gasteiger partial charge in [0.15, 0.2) is 16.4 Å². The average Bonchev–Trinajstić information content (AvgIpc) is 2.43. The molecule has 0 heterocycles. The fraction of sp³-hybridized carbons (Fsp3) is 0.500. The van der Waals surface area contributed by atoms with Crippen LogP contribution in [0.4, 0.5) is 0 Å². The van der Waals surface area contributed by atoms with Gasteiger partial charge < -0.3 is 14.6 Å². The van der Waals surface area contributed by atoms with Crippen molar-refractivity contribution in [3.8, 4) is 11.5 Å². The van der Waals surface area contributed by atoms with Crippen LogP contribution in [0.3, 0.4) is 0 Å². The van der Waals surface area contributed by atoms with Crippen molar-refractivity contribution < 1.29 is 19.4 Å². The molecule has 0 aliphatic rings. The van der Waals surface area contributed by atoms with Gasteiger partial charge in [-0.05, 0) is 24.1 Å². The summed E-state index contributed by atoms with van der Waals surface area (Å²) in [5, 5.41) is 9.40. The number of rotatable bonds is 7. The normalized spacial score (nSPS) is 13.7. The predicted molar refractivity (Wildman–Crippen MR) is 74.2 cm³/mol. The third-order valence-electron chi connectivity index (χ3n) is 3.05. The van der Waals surface area contributed by atoms with Crippen LogP contribution in [0.15, 0.2) is 18.2 Å². The van der Waals surface area contributed by atoms with Gasteiger partial charge in [-0.2, -0.15) is 0 Å². The van der Waals surface area contributed by atoms with Crippen molar-refractivity contribution in [2.45, 2.75) is 31.1 Å². The fourth-order valence-corrected chi connectivity index (χ4v) is 2.13. The van der Waals surface area contributed by atoms with Crippen LogP contribution in [-0.2, 0) is 9.67 Å². The van der Waals surface area contributed by atoms with Gasteiger partial charge >= 0.3 is 5.97 Å². The van der Waals surface area contributed by atoms with Gasteiger partial charge in [-0.1, -0.05) is 25.8 Å². The molecule has 106 valence electrons. The SMILES string of the molecule is CCCCC(Cl)(C(=O)O)c1ccc(OC)c(OC)c1. The summed E-state index contributed by atoms with van der Waals surface area (Å²) in [4.78, 5) is 10.1. The minimum Gasteiger partial charge on any atom is -0.493 e. The number of carbonyl (C=O) groups is 1. The fourth-order valence-electron chi connectivity index (χ4n) is 1.88. The number of hydrogen-bond donors (Lipinski definition) is 1. The van der Waals surface area contributed by atoms with E-state index in [2.05, 4.69) is 0 Å². The molecule has 1 N–H and O–H groups in total. The van der Waals surface area contributed by atoms with Gasteiger partial charge in [0.1, 0.15) is 0 Å². The highest BCUT2D eigenvalue weighted by Crippen LogP contribution is 2.39. The van der Waals surface area contributed by atoms with E-state index in [-0.39, 0.29) is 0 Å². The Balaban J connectivity index is 3.20. The number of methoxy groups -OCH3 is 2. The lowest BCUT2D eigenvalue weighted by molar-refractivity contribution is -0.140. The highest BCUT2D eigenvalue weighted by atomic mass is 35.5. The summed E-state index contributed by atoms with van der Waals surface area (Å²) in [6.45, 7) is 1.99. The van der Waals surface area contributed by atoms with Gasteiger partial charge in [-0.3, -0.25) is 0 Å². The first-order valence-electron chi connectivity index (χ1n) is 6.14. The first-order valence-corrected chi connectivity index (χ1v) is 6.52. The van der Waals surface area contributed by atoms with Crippen molar-refractivity contribution in [1.82, 2.24) is 0 Å². The molecule has 0 aliphatic carbocycles. The number of halogens is 1. The summed E-state index contributed by atoms with van der Waals surface area (Å²) in [5.41, 5.74) is 0.507. The zero-order valence-corrected chi connectivity index (χ0v) is 12.2. The topological polar surface area (TPSA) is 55.8 Å². The number of unbranched alkanes of at least 4 members (excludes halogenated alkanes) is 1. The summed E-state index contributed by atoms with van der Waals surface area (Å²) in [6.07, 6.45) is 2.00. The molecule has 1 aromatic carbocycles. The summed E-state index contributed by atoms with van der Waals surface area (Å²) >= 11 is 6.31. The Hall–Kier alpha value is -1.42. The smallest absolute Gasteiger partial charge is 0.329 e. The Morgan fingerprint density at radius 3 is 2.42 bits per heavy atom. The Labute approximate surface area is 118 Å². The maximum absolute atomic E-state index is 11.5. The third-order valence-corrected chi connectivity index (χ3v) is 3.62. The van der Waals surface area contributed by atoms with E-state index in [1.165, 1.54) is 14.2 Å². The Morgan fingerprint density at radius 1 is 1.32 bits per heavy atom. The quantitative estimate of drug-likeness (QED) is 0.781. The monoisotopic (exact) mass is 286 g/mol. The van der Waals surface area contributed by atoms with E-state index < -0.39 is 10.8 Å². The van der Waals surface area contributed by atoms with Crippen LogP contribution in [0, 0.1) is 0 Å². The number of aliphatic carboxylic acids is 1. The van der Waals surface area contributed by atoms with Crippen LogP contribution in [0.1, 0.15) is 31.7 Å². The second-order valence-electron chi connectivity index (χ2n) is 4.28. The molecule has 19 heavy (non-hydrogen) atoms. The predicted octanol–water partition coefficient (Wildman–Crippen LogP) is 3.41. The Morgan fingerprint density at radius 2 is 1.95 bits per heavy atom. The second kappa shape index (κ2) is 6.66. The van der Waals surface area contributed by atoms with Gasteiger partial charge in [0.05, 0.1) is 14.2 Å². The lowest BCUT2D eigenvalue weighted by atomic mass is 9.92. The van der Waals surface area contributed by atoms with Crippen molar-refractivity contribution in [2.24, 2.45) is 0 Å². The number of benzene rings is 1. The molecule has 1 rings (SSSR count). The molecule has 4 nitrogen and oxygen atoms in total. The molecule has 0 amide bonds. The maximum atomic E-state index is 11.5. The zero-order valence-electron chi connectivity index (χ0n) is 11.4. The van der Waals surface area contributed by atoms with Crippen molar-refractivity contribution in [3.05, 3.63) is 23.8 Å². The minimum absolute atomic E-state index is 0.371. The molecule has 1 aromatic rings. The highest BCUT2D eigenvalue weighted by molar-refractivity contribution is 6.33. The van der Waals surface area contributed by atoms with Gasteiger partial charge in [0.2, 0.25) is 0 Å². The Kier molecular flexibility index (Phi) is 5.48. The van der Waals surface area contributed by atoms with E-state index >= 15 is 0 Å². The molecule has 1 atom stereocenters. The third kappa shape index (κ3) is 3.32. The molecule has 5 heteroatoms. The molecule has 0 saturated heterocycles. The first-order chi connectivity index (χ1) is 8.99. The zero-order chi connectivity index (χ0) is 14.5. The van der Waals surface area contributed by atoms with Crippen molar-refractivity contribution in [2.75, 3.05) is 14.2 Å². The van der Waals surface area contributed by atoms with E-state index in [4.69, 9.17) is 21.1 Å². The number of alkyl halides is 1. The lowest BCUT2D eigenvalue weighted by Gasteiger charge is -2.23. The standard InChI is InChI=1S/C14H19ClO4/c1-4-5-8-14(15,13(16)17)10-6-7-11(18-2)12(9-10)19-3/h6-7,9H,4-5,8H2,1-3H3,(H,16,17). The molecular formula is C14H19ClO4. The second-order valence-corrected chi connectivity index (χ2v) is 4.92. The van der Waals surface area contributed by atoms with Crippen LogP contribution < -0.4 is 9.47 Å². The van der Waals surface area contributed by atoms with E-state index in [1.807, 2.05) is 6.92 Å². The van der Waals surface area contributed by atoms with Crippen molar-refractivity contribution in [3.63, 3.8) is 0 Å². The van der Waals surface area contributed by atoms with E-state index in [9.17, 15) is 9.90 Å². The maximum Gasteiger partial charge on any atom is 0.329 e. The van der Waals surface area contributed by atoms with Crippen LogP contribution in [-0.4, -0.2) is 25.3 Å². The lowest BCUT2D eigenvalue weighted by Crippen LogP contribution is -2.29. The number of ether oxygens (including phenoxy) is 2. The molecule has 0 aromatic heterocycles. The number of hydrogen-bond acceptors (Lipinski definition) is 3. The van der Waals surface area contributed by atoms with Crippen molar-refractivity contribution in [1.29, 1.82) is 0 Å².